The van der Waals surface area contributed by atoms with E-state index >= 15 is 0 Å². The lowest BCUT2D eigenvalue weighted by atomic mass is 9.96. The number of pyridine rings is 2. The van der Waals surface area contributed by atoms with E-state index in [1.54, 1.807) is 12.1 Å². The standard InChI is InChI=1S/C22H31FN4O4/c1-22(2,3)27(21(29)30)14-7-9-26(10-8-14)13-15(28)11-16-17(23)12-24-18-5-6-19(31-4)25-20(16)18/h5-6,12,14-15,28H,7-11,13H2,1-4H3,(H,29,30)/t15-/m1/s1. The molecule has 2 aromatic rings. The van der Waals surface area contributed by atoms with Crippen molar-refractivity contribution in [2.45, 2.75) is 57.7 Å². The second-order valence-corrected chi connectivity index (χ2v) is 9.02. The van der Waals surface area contributed by atoms with Gasteiger partial charge in [0.1, 0.15) is 5.82 Å². The van der Waals surface area contributed by atoms with Gasteiger partial charge in [-0.25, -0.2) is 14.2 Å². The minimum absolute atomic E-state index is 0.0517. The lowest BCUT2D eigenvalue weighted by Crippen LogP contribution is -2.55. The molecule has 0 aromatic carbocycles. The first-order chi connectivity index (χ1) is 14.6. The monoisotopic (exact) mass is 434 g/mol. The molecule has 31 heavy (non-hydrogen) atoms. The predicted octanol–water partition coefficient (Wildman–Crippen LogP) is 2.92. The number of aliphatic hydroxyl groups excluding tert-OH is 1. The molecule has 2 N–H and O–H groups in total. The number of carboxylic acid groups (broad SMARTS) is 1. The SMILES string of the molecule is COc1ccc2ncc(F)c(C[C@@H](O)CN3CCC(N(C(=O)O)C(C)(C)C)CC3)c2n1. The fourth-order valence-corrected chi connectivity index (χ4v) is 4.33. The van der Waals surface area contributed by atoms with Crippen molar-refractivity contribution >= 4 is 17.1 Å². The molecule has 8 nitrogen and oxygen atoms in total. The molecule has 3 heterocycles. The van der Waals surface area contributed by atoms with E-state index in [-0.39, 0.29) is 12.5 Å². The minimum atomic E-state index is -0.908. The van der Waals surface area contributed by atoms with Gasteiger partial charge in [-0.1, -0.05) is 0 Å². The highest BCUT2D eigenvalue weighted by Gasteiger charge is 2.35. The average molecular weight is 435 g/mol. The summed E-state index contributed by atoms with van der Waals surface area (Å²) in [5.74, 6) is -0.146. The number of halogens is 1. The summed E-state index contributed by atoms with van der Waals surface area (Å²) >= 11 is 0. The number of hydrogen-bond donors (Lipinski definition) is 2. The van der Waals surface area contributed by atoms with Gasteiger partial charge < -0.3 is 24.7 Å². The molecule has 9 heteroatoms. The summed E-state index contributed by atoms with van der Waals surface area (Å²) in [5, 5.41) is 20.3. The summed E-state index contributed by atoms with van der Waals surface area (Å²) < 4.78 is 19.6. The van der Waals surface area contributed by atoms with Gasteiger partial charge in [0, 0.05) is 49.3 Å². The average Bonchev–Trinajstić information content (AvgIpc) is 2.70. The minimum Gasteiger partial charge on any atom is -0.481 e. The summed E-state index contributed by atoms with van der Waals surface area (Å²) in [5.41, 5.74) is 0.781. The van der Waals surface area contributed by atoms with E-state index in [2.05, 4.69) is 14.9 Å². The van der Waals surface area contributed by atoms with E-state index in [4.69, 9.17) is 4.74 Å². The summed E-state index contributed by atoms with van der Waals surface area (Å²) in [6.45, 7) is 7.42. The van der Waals surface area contributed by atoms with Crippen LogP contribution < -0.4 is 4.74 Å². The molecule has 0 spiro atoms. The van der Waals surface area contributed by atoms with Crippen LogP contribution in [0.4, 0.5) is 9.18 Å². The van der Waals surface area contributed by atoms with Crippen molar-refractivity contribution in [2.75, 3.05) is 26.7 Å². The molecule has 0 radical (unpaired) electrons. The van der Waals surface area contributed by atoms with Crippen molar-refractivity contribution in [1.29, 1.82) is 0 Å². The number of methoxy groups -OCH3 is 1. The fourth-order valence-electron chi connectivity index (χ4n) is 4.33. The van der Waals surface area contributed by atoms with Crippen molar-refractivity contribution in [2.24, 2.45) is 0 Å². The van der Waals surface area contributed by atoms with Gasteiger partial charge >= 0.3 is 6.09 Å². The molecule has 1 atom stereocenters. The van der Waals surface area contributed by atoms with Crippen LogP contribution in [-0.2, 0) is 6.42 Å². The number of fused-ring (bicyclic) bond motifs is 1. The zero-order valence-electron chi connectivity index (χ0n) is 18.5. The molecule has 1 fully saturated rings. The van der Waals surface area contributed by atoms with Gasteiger partial charge in [0.05, 0.1) is 30.4 Å². The largest absolute Gasteiger partial charge is 0.481 e. The Hall–Kier alpha value is -2.52. The van der Waals surface area contributed by atoms with Crippen LogP contribution in [0.3, 0.4) is 0 Å². The number of ether oxygens (including phenoxy) is 1. The predicted molar refractivity (Wildman–Crippen MR) is 115 cm³/mol. The number of aliphatic hydroxyl groups is 1. The molecule has 170 valence electrons. The Kier molecular flexibility index (Phi) is 6.96. The van der Waals surface area contributed by atoms with Gasteiger partial charge in [0.2, 0.25) is 5.88 Å². The molecular formula is C22H31FN4O4. The molecular weight excluding hydrogens is 403 g/mol. The van der Waals surface area contributed by atoms with Crippen LogP contribution in [0.1, 0.15) is 39.2 Å². The van der Waals surface area contributed by atoms with Crippen molar-refractivity contribution in [3.63, 3.8) is 0 Å². The molecule has 0 bridgehead atoms. The lowest BCUT2D eigenvalue weighted by Gasteiger charge is -2.43. The molecule has 0 unspecified atom stereocenters. The molecule has 1 aliphatic rings. The van der Waals surface area contributed by atoms with Crippen LogP contribution in [0.2, 0.25) is 0 Å². The van der Waals surface area contributed by atoms with E-state index in [0.717, 1.165) is 6.20 Å². The third kappa shape index (κ3) is 5.40. The number of amides is 1. The maximum atomic E-state index is 14.5. The van der Waals surface area contributed by atoms with Crippen molar-refractivity contribution < 1.29 is 24.1 Å². The zero-order valence-corrected chi connectivity index (χ0v) is 18.5. The van der Waals surface area contributed by atoms with E-state index in [9.17, 15) is 19.4 Å². The van der Waals surface area contributed by atoms with Gasteiger partial charge in [-0.15, -0.1) is 0 Å². The van der Waals surface area contributed by atoms with Crippen LogP contribution in [0.15, 0.2) is 18.3 Å². The highest BCUT2D eigenvalue weighted by Crippen LogP contribution is 2.26. The summed E-state index contributed by atoms with van der Waals surface area (Å²) in [7, 11) is 1.49. The van der Waals surface area contributed by atoms with Gasteiger partial charge in [-0.2, -0.15) is 0 Å². The molecule has 1 aliphatic heterocycles. The lowest BCUT2D eigenvalue weighted by molar-refractivity contribution is 0.0309. The molecule has 3 rings (SSSR count). The van der Waals surface area contributed by atoms with E-state index in [0.29, 0.717) is 55.0 Å². The maximum absolute atomic E-state index is 14.5. The number of β-amino-alcohol motifs (C(OH)–C–C–N with tert-alkyl or cyclic N) is 1. The van der Waals surface area contributed by atoms with Gasteiger partial charge in [0.25, 0.3) is 0 Å². The molecule has 0 saturated carbocycles. The second-order valence-electron chi connectivity index (χ2n) is 9.02. The normalized spacial score (nSPS) is 17.0. The van der Waals surface area contributed by atoms with Crippen molar-refractivity contribution in [3.05, 3.63) is 29.7 Å². The first-order valence-electron chi connectivity index (χ1n) is 10.5. The van der Waals surface area contributed by atoms with Crippen molar-refractivity contribution in [3.8, 4) is 5.88 Å². The molecule has 1 saturated heterocycles. The van der Waals surface area contributed by atoms with E-state index in [1.165, 1.54) is 12.0 Å². The Bertz CT molecular complexity index is 926. The number of rotatable bonds is 6. The third-order valence-corrected chi connectivity index (χ3v) is 5.71. The van der Waals surface area contributed by atoms with Gasteiger partial charge in [0.15, 0.2) is 0 Å². The quantitative estimate of drug-likeness (QED) is 0.721. The highest BCUT2D eigenvalue weighted by atomic mass is 19.1. The molecule has 2 aromatic heterocycles. The number of piperidine rings is 1. The first-order valence-corrected chi connectivity index (χ1v) is 10.5. The third-order valence-electron chi connectivity index (χ3n) is 5.71. The zero-order chi connectivity index (χ0) is 22.8. The number of nitrogens with zero attached hydrogens (tertiary/aromatic N) is 4. The van der Waals surface area contributed by atoms with Crippen LogP contribution >= 0.6 is 0 Å². The Balaban J connectivity index is 1.64. The highest BCUT2D eigenvalue weighted by molar-refractivity contribution is 5.78. The van der Waals surface area contributed by atoms with Crippen LogP contribution in [-0.4, -0.2) is 80.5 Å². The Morgan fingerprint density at radius 2 is 2.03 bits per heavy atom. The van der Waals surface area contributed by atoms with Crippen LogP contribution in [0.5, 0.6) is 5.88 Å². The molecule has 0 aliphatic carbocycles. The Morgan fingerprint density at radius 3 is 2.61 bits per heavy atom. The first kappa shape index (κ1) is 23.1. The second kappa shape index (κ2) is 9.32. The van der Waals surface area contributed by atoms with Crippen LogP contribution in [0, 0.1) is 5.82 Å². The fraction of sp³-hybridized carbons (Fsp3) is 0.591. The Labute approximate surface area is 181 Å². The van der Waals surface area contributed by atoms with E-state index in [1.807, 2.05) is 20.8 Å². The van der Waals surface area contributed by atoms with E-state index < -0.39 is 23.6 Å². The summed E-state index contributed by atoms with van der Waals surface area (Å²) in [6, 6.07) is 3.32. The van der Waals surface area contributed by atoms with Crippen molar-refractivity contribution in [1.82, 2.24) is 19.8 Å². The number of likely N-dealkylation sites (tertiary alicyclic amines) is 1. The number of aromatic nitrogens is 2. The Morgan fingerprint density at radius 1 is 1.35 bits per heavy atom. The van der Waals surface area contributed by atoms with Gasteiger partial charge in [-0.3, -0.25) is 4.98 Å². The van der Waals surface area contributed by atoms with Gasteiger partial charge in [-0.05, 0) is 39.7 Å². The molecule has 1 amide bonds. The number of hydrogen-bond acceptors (Lipinski definition) is 6. The number of carbonyl (C=O) groups is 1. The maximum Gasteiger partial charge on any atom is 0.407 e. The smallest absolute Gasteiger partial charge is 0.407 e. The topological polar surface area (TPSA) is 99.0 Å². The van der Waals surface area contributed by atoms with Crippen LogP contribution in [0.25, 0.3) is 11.0 Å². The summed E-state index contributed by atoms with van der Waals surface area (Å²) in [6.07, 6.45) is 0.950. The summed E-state index contributed by atoms with van der Waals surface area (Å²) in [4.78, 5) is 23.7.